The zero-order valence-electron chi connectivity index (χ0n) is 20.9. The number of aliphatic hydroxyl groups is 1. The Hall–Kier alpha value is -2.62. The lowest BCUT2D eigenvalue weighted by atomic mass is 10.1. The Morgan fingerprint density at radius 1 is 0.889 bits per heavy atom. The minimum Gasteiger partial charge on any atom is -0.480 e. The van der Waals surface area contributed by atoms with E-state index in [4.69, 9.17) is 22.9 Å². The van der Waals surface area contributed by atoms with Crippen LogP contribution in [0.3, 0.4) is 0 Å². The average molecular weight is 535 g/mol. The molecule has 5 atom stereocenters. The zero-order valence-corrected chi connectivity index (χ0v) is 21.8. The maximum absolute atomic E-state index is 13.0. The molecule has 0 saturated heterocycles. The molecule has 0 bridgehead atoms. The van der Waals surface area contributed by atoms with Gasteiger partial charge < -0.3 is 49.1 Å². The molecule has 208 valence electrons. The molecule has 0 aliphatic rings. The highest BCUT2D eigenvalue weighted by Gasteiger charge is 2.30. The van der Waals surface area contributed by atoms with Gasteiger partial charge in [-0.3, -0.25) is 19.4 Å². The molecule has 5 unspecified atom stereocenters. The van der Waals surface area contributed by atoms with Gasteiger partial charge in [0, 0.05) is 6.54 Å². The number of nitrogens with one attached hydrogen (secondary N) is 3. The number of guanidine groups is 1. The second-order valence-corrected chi connectivity index (χ2v) is 9.29. The number of aliphatic hydroxyl groups excluding tert-OH is 1. The summed E-state index contributed by atoms with van der Waals surface area (Å²) in [5.41, 5.74) is 21.7. The number of aliphatic imine (C=N–C) groups is 1. The van der Waals surface area contributed by atoms with Crippen LogP contribution in [0.5, 0.6) is 0 Å². The quantitative estimate of drug-likeness (QED) is 0.0463. The van der Waals surface area contributed by atoms with Crippen LogP contribution in [0.15, 0.2) is 4.99 Å². The van der Waals surface area contributed by atoms with Crippen molar-refractivity contribution in [3.05, 3.63) is 0 Å². The van der Waals surface area contributed by atoms with Crippen LogP contribution in [0.2, 0.25) is 0 Å². The Balaban J connectivity index is 5.43. The Labute approximate surface area is 215 Å². The maximum Gasteiger partial charge on any atom is 0.326 e. The van der Waals surface area contributed by atoms with Crippen LogP contribution in [0.1, 0.15) is 45.4 Å². The van der Waals surface area contributed by atoms with Crippen molar-refractivity contribution in [3.8, 4) is 0 Å². The van der Waals surface area contributed by atoms with Crippen LogP contribution >= 0.6 is 11.8 Å². The number of aliphatic carboxylic acids is 1. The second kappa shape index (κ2) is 18.6. The smallest absolute Gasteiger partial charge is 0.326 e. The summed E-state index contributed by atoms with van der Waals surface area (Å²) in [7, 11) is 0. The second-order valence-electron chi connectivity index (χ2n) is 8.30. The minimum absolute atomic E-state index is 0.0794. The van der Waals surface area contributed by atoms with E-state index >= 15 is 0 Å². The highest BCUT2D eigenvalue weighted by Crippen LogP contribution is 2.07. The Kier molecular flexibility index (Phi) is 17.3. The Morgan fingerprint density at radius 2 is 1.42 bits per heavy atom. The van der Waals surface area contributed by atoms with Gasteiger partial charge in [-0.25, -0.2) is 4.79 Å². The fourth-order valence-corrected chi connectivity index (χ4v) is 3.53. The van der Waals surface area contributed by atoms with Gasteiger partial charge in [0.05, 0.1) is 6.10 Å². The van der Waals surface area contributed by atoms with Gasteiger partial charge >= 0.3 is 5.97 Å². The van der Waals surface area contributed by atoms with Crippen molar-refractivity contribution in [3.63, 3.8) is 0 Å². The van der Waals surface area contributed by atoms with Gasteiger partial charge in [-0.15, -0.1) is 0 Å². The number of carboxylic acid groups (broad SMARTS) is 1. The van der Waals surface area contributed by atoms with E-state index in [1.54, 1.807) is 0 Å². The number of nitrogens with two attached hydrogens (primary N) is 4. The van der Waals surface area contributed by atoms with Gasteiger partial charge in [0.2, 0.25) is 17.7 Å². The molecule has 0 fully saturated rings. The van der Waals surface area contributed by atoms with Gasteiger partial charge in [-0.05, 0) is 64.0 Å². The summed E-state index contributed by atoms with van der Waals surface area (Å²) in [4.78, 5) is 53.7. The standard InChI is InChI=1S/C21H42N8O6S/c1-12(30)16(23)19(33)28-13(6-3-4-9-22)17(31)27-14(8-11-36-2)18(32)29-15(20(34)35)7-5-10-26-21(24)25/h12-16,30H,3-11,22-23H2,1-2H3,(H,27,31)(H,28,33)(H,29,32)(H,34,35)(H4,24,25,26). The van der Waals surface area contributed by atoms with Crippen molar-refractivity contribution < 1.29 is 29.4 Å². The molecule has 0 rings (SSSR count). The largest absolute Gasteiger partial charge is 0.480 e. The van der Waals surface area contributed by atoms with E-state index in [-0.39, 0.29) is 31.8 Å². The van der Waals surface area contributed by atoms with E-state index < -0.39 is 54.0 Å². The summed E-state index contributed by atoms with van der Waals surface area (Å²) in [5.74, 6) is -2.85. The van der Waals surface area contributed by atoms with Crippen molar-refractivity contribution in [1.82, 2.24) is 16.0 Å². The van der Waals surface area contributed by atoms with Crippen LogP contribution in [0.25, 0.3) is 0 Å². The first-order chi connectivity index (χ1) is 16.9. The molecule has 15 heteroatoms. The van der Waals surface area contributed by atoms with Gasteiger partial charge in [0.25, 0.3) is 0 Å². The van der Waals surface area contributed by atoms with Crippen molar-refractivity contribution in [2.24, 2.45) is 27.9 Å². The van der Waals surface area contributed by atoms with Crippen molar-refractivity contribution in [1.29, 1.82) is 0 Å². The molecule has 0 aliphatic heterocycles. The van der Waals surface area contributed by atoms with Gasteiger partial charge in [0.1, 0.15) is 24.2 Å². The van der Waals surface area contributed by atoms with Crippen LogP contribution < -0.4 is 38.9 Å². The van der Waals surface area contributed by atoms with E-state index in [1.807, 2.05) is 6.26 Å². The van der Waals surface area contributed by atoms with Crippen LogP contribution in [0.4, 0.5) is 0 Å². The van der Waals surface area contributed by atoms with E-state index in [2.05, 4.69) is 20.9 Å². The van der Waals surface area contributed by atoms with E-state index in [0.29, 0.717) is 31.6 Å². The SMILES string of the molecule is CSCCC(NC(=O)C(CCCCN)NC(=O)C(N)C(C)O)C(=O)NC(CCCN=C(N)N)C(=O)O. The topological polar surface area (TPSA) is 261 Å². The third kappa shape index (κ3) is 14.1. The summed E-state index contributed by atoms with van der Waals surface area (Å²) < 4.78 is 0. The molecule has 14 nitrogen and oxygen atoms in total. The first kappa shape index (κ1) is 33.4. The number of amides is 3. The lowest BCUT2D eigenvalue weighted by Gasteiger charge is -2.25. The third-order valence-corrected chi connectivity index (χ3v) is 5.85. The number of hydrogen-bond donors (Lipinski definition) is 9. The molecule has 3 amide bonds. The number of hydrogen-bond acceptors (Lipinski definition) is 9. The summed E-state index contributed by atoms with van der Waals surface area (Å²) in [5, 5.41) is 26.7. The minimum atomic E-state index is -1.24. The summed E-state index contributed by atoms with van der Waals surface area (Å²) in [6.07, 6.45) is 2.70. The normalized spacial score (nSPS) is 15.0. The van der Waals surface area contributed by atoms with Crippen LogP contribution in [-0.2, 0) is 19.2 Å². The third-order valence-electron chi connectivity index (χ3n) is 5.21. The number of thioether (sulfide) groups is 1. The van der Waals surface area contributed by atoms with Gasteiger partial charge in [-0.1, -0.05) is 0 Å². The van der Waals surface area contributed by atoms with Crippen molar-refractivity contribution in [2.45, 2.75) is 75.7 Å². The fraction of sp³-hybridized carbons (Fsp3) is 0.762. The Bertz CT molecular complexity index is 735. The lowest BCUT2D eigenvalue weighted by molar-refractivity contribution is -0.142. The van der Waals surface area contributed by atoms with Crippen LogP contribution in [0, 0.1) is 0 Å². The maximum atomic E-state index is 13.0. The molecule has 13 N–H and O–H groups in total. The molecule has 0 aromatic carbocycles. The van der Waals surface area contributed by atoms with Crippen molar-refractivity contribution in [2.75, 3.05) is 25.1 Å². The number of nitrogens with zero attached hydrogens (tertiary/aromatic N) is 1. The molecule has 0 aliphatic carbocycles. The number of carbonyl (C=O) groups is 4. The summed E-state index contributed by atoms with van der Waals surface area (Å²) in [6, 6.07) is -4.50. The molecule has 0 saturated carbocycles. The summed E-state index contributed by atoms with van der Waals surface area (Å²) in [6.45, 7) is 1.95. The molecule has 0 heterocycles. The monoisotopic (exact) mass is 534 g/mol. The molecular weight excluding hydrogens is 492 g/mol. The highest BCUT2D eigenvalue weighted by atomic mass is 32.2. The average Bonchev–Trinajstić information content (AvgIpc) is 2.81. The predicted octanol–water partition coefficient (Wildman–Crippen LogP) is -2.83. The van der Waals surface area contributed by atoms with E-state index in [1.165, 1.54) is 18.7 Å². The Morgan fingerprint density at radius 3 is 1.92 bits per heavy atom. The van der Waals surface area contributed by atoms with E-state index in [0.717, 1.165) is 0 Å². The molecular formula is C21H42N8O6S. The number of unbranched alkanes of at least 4 members (excludes halogenated alkanes) is 1. The van der Waals surface area contributed by atoms with Crippen LogP contribution in [-0.4, -0.2) is 95.2 Å². The lowest BCUT2D eigenvalue weighted by Crippen LogP contribution is -2.58. The summed E-state index contributed by atoms with van der Waals surface area (Å²) >= 11 is 1.45. The number of carboxylic acids is 1. The van der Waals surface area contributed by atoms with Gasteiger partial charge in [0.15, 0.2) is 5.96 Å². The zero-order chi connectivity index (χ0) is 27.7. The number of rotatable bonds is 19. The first-order valence-corrected chi connectivity index (χ1v) is 13.2. The molecule has 36 heavy (non-hydrogen) atoms. The molecule has 0 radical (unpaired) electrons. The predicted molar refractivity (Wildman–Crippen MR) is 139 cm³/mol. The molecule has 0 spiro atoms. The molecule has 0 aromatic heterocycles. The molecule has 0 aromatic rings. The van der Waals surface area contributed by atoms with Gasteiger partial charge in [-0.2, -0.15) is 11.8 Å². The number of carbonyl (C=O) groups excluding carboxylic acids is 3. The van der Waals surface area contributed by atoms with E-state index in [9.17, 15) is 29.4 Å². The first-order valence-electron chi connectivity index (χ1n) is 11.8. The fourth-order valence-electron chi connectivity index (χ4n) is 3.06. The van der Waals surface area contributed by atoms with Crippen molar-refractivity contribution >= 4 is 41.4 Å². The highest BCUT2D eigenvalue weighted by molar-refractivity contribution is 7.98.